The van der Waals surface area contributed by atoms with Gasteiger partial charge in [0.2, 0.25) is 5.82 Å². The van der Waals surface area contributed by atoms with Crippen molar-refractivity contribution in [3.63, 3.8) is 0 Å². The molecule has 7 nitrogen and oxygen atoms in total. The summed E-state index contributed by atoms with van der Waals surface area (Å²) < 4.78 is 1.83. The molecule has 1 fully saturated rings. The Kier molecular flexibility index (Phi) is 4.00. The van der Waals surface area contributed by atoms with Gasteiger partial charge in [0.15, 0.2) is 0 Å². The lowest BCUT2D eigenvalue weighted by Crippen LogP contribution is -2.53. The topological polar surface area (TPSA) is 92.9 Å². The first kappa shape index (κ1) is 16.4. The van der Waals surface area contributed by atoms with Crippen LogP contribution in [0.1, 0.15) is 29.0 Å². The number of imidazole rings is 1. The second-order valence-electron chi connectivity index (χ2n) is 6.63. The number of carbonyl (C=O) groups excluding carboxylic acids is 1. The number of amides is 1. The van der Waals surface area contributed by atoms with E-state index in [9.17, 15) is 9.90 Å². The van der Waals surface area contributed by atoms with E-state index in [1.165, 1.54) is 0 Å². The number of aromatic nitrogens is 4. The fourth-order valence-electron chi connectivity index (χ4n) is 3.31. The molecule has 4 rings (SSSR count). The summed E-state index contributed by atoms with van der Waals surface area (Å²) in [6.07, 6.45) is 5.88. The van der Waals surface area contributed by atoms with Crippen molar-refractivity contribution in [3.8, 4) is 11.4 Å². The summed E-state index contributed by atoms with van der Waals surface area (Å²) in [4.78, 5) is 24.9. The molecule has 2 N–H and O–H groups in total. The van der Waals surface area contributed by atoms with Crippen LogP contribution in [0.2, 0.25) is 0 Å². The van der Waals surface area contributed by atoms with E-state index in [1.807, 2.05) is 41.9 Å². The summed E-state index contributed by atoms with van der Waals surface area (Å²) in [5.41, 5.74) is 1.44. The van der Waals surface area contributed by atoms with E-state index in [4.69, 9.17) is 0 Å². The Balaban J connectivity index is 1.43. The molecule has 1 aromatic carbocycles. The van der Waals surface area contributed by atoms with Crippen LogP contribution in [0, 0.1) is 0 Å². The second kappa shape index (κ2) is 6.34. The second-order valence-corrected chi connectivity index (χ2v) is 6.63. The van der Waals surface area contributed by atoms with Crippen LogP contribution in [0.15, 0.2) is 55.1 Å². The zero-order valence-electron chi connectivity index (χ0n) is 14.3. The Labute approximate surface area is 150 Å². The van der Waals surface area contributed by atoms with E-state index in [0.717, 1.165) is 11.3 Å². The number of nitrogens with zero attached hydrogens (tertiary/aromatic N) is 4. The van der Waals surface area contributed by atoms with Crippen molar-refractivity contribution in [2.45, 2.75) is 24.5 Å². The van der Waals surface area contributed by atoms with Crippen molar-refractivity contribution in [2.75, 3.05) is 0 Å². The van der Waals surface area contributed by atoms with E-state index < -0.39 is 5.60 Å². The Morgan fingerprint density at radius 2 is 2.04 bits per heavy atom. The normalized spacial score (nSPS) is 21.8. The third-order valence-electron chi connectivity index (χ3n) is 4.75. The smallest absolute Gasteiger partial charge is 0.289 e. The van der Waals surface area contributed by atoms with Crippen molar-refractivity contribution in [1.29, 1.82) is 0 Å². The Morgan fingerprint density at radius 3 is 2.73 bits per heavy atom. The molecule has 3 aromatic rings. The van der Waals surface area contributed by atoms with Gasteiger partial charge in [-0.2, -0.15) is 0 Å². The number of benzene rings is 1. The summed E-state index contributed by atoms with van der Waals surface area (Å²) in [5, 5.41) is 13.5. The summed E-state index contributed by atoms with van der Waals surface area (Å²) >= 11 is 0. The molecular weight excluding hydrogens is 330 g/mol. The minimum atomic E-state index is -0.878. The Morgan fingerprint density at radius 1 is 1.27 bits per heavy atom. The molecule has 26 heavy (non-hydrogen) atoms. The highest BCUT2D eigenvalue weighted by Crippen LogP contribution is 2.41. The molecule has 1 aliphatic rings. The van der Waals surface area contributed by atoms with Gasteiger partial charge in [0, 0.05) is 32.1 Å². The lowest BCUT2D eigenvalue weighted by Gasteiger charge is -2.44. The fourth-order valence-corrected chi connectivity index (χ4v) is 3.31. The summed E-state index contributed by atoms with van der Waals surface area (Å²) in [6, 6.07) is 11.2. The highest BCUT2D eigenvalue weighted by Gasteiger charge is 2.44. The van der Waals surface area contributed by atoms with E-state index >= 15 is 0 Å². The number of aliphatic hydroxyl groups is 1. The van der Waals surface area contributed by atoms with Crippen LogP contribution in [0.25, 0.3) is 11.4 Å². The highest BCUT2D eigenvalue weighted by atomic mass is 16.3. The van der Waals surface area contributed by atoms with Crippen LogP contribution in [0.3, 0.4) is 0 Å². The first-order chi connectivity index (χ1) is 12.5. The molecule has 0 radical (unpaired) electrons. The van der Waals surface area contributed by atoms with Crippen LogP contribution in [0.5, 0.6) is 0 Å². The predicted octanol–water partition coefficient (Wildman–Crippen LogP) is 1.66. The monoisotopic (exact) mass is 349 g/mol. The Bertz CT molecular complexity index is 932. The maximum absolute atomic E-state index is 12.5. The van der Waals surface area contributed by atoms with E-state index in [0.29, 0.717) is 18.5 Å². The summed E-state index contributed by atoms with van der Waals surface area (Å²) in [5.74, 6) is -0.229. The van der Waals surface area contributed by atoms with Gasteiger partial charge >= 0.3 is 0 Å². The fraction of sp³-hybridized carbons (Fsp3) is 0.263. The van der Waals surface area contributed by atoms with Gasteiger partial charge in [-0.3, -0.25) is 4.79 Å². The molecule has 1 aliphatic carbocycles. The molecule has 0 aliphatic heterocycles. The van der Waals surface area contributed by atoms with Crippen LogP contribution in [-0.2, 0) is 12.6 Å². The number of nitrogens with one attached hydrogen (secondary N) is 1. The lowest BCUT2D eigenvalue weighted by atomic mass is 9.71. The number of hydrogen-bond donors (Lipinski definition) is 2. The first-order valence-electron chi connectivity index (χ1n) is 8.44. The van der Waals surface area contributed by atoms with Gasteiger partial charge in [-0.15, -0.1) is 0 Å². The van der Waals surface area contributed by atoms with Crippen LogP contribution in [-0.4, -0.2) is 36.6 Å². The maximum Gasteiger partial charge on any atom is 0.289 e. The molecule has 7 heteroatoms. The van der Waals surface area contributed by atoms with Crippen molar-refractivity contribution in [2.24, 2.45) is 7.05 Å². The molecule has 0 saturated heterocycles. The van der Waals surface area contributed by atoms with Gasteiger partial charge in [0.1, 0.15) is 0 Å². The summed E-state index contributed by atoms with van der Waals surface area (Å²) in [7, 11) is 1.86. The quantitative estimate of drug-likeness (QED) is 0.747. The molecule has 2 aromatic heterocycles. The minimum absolute atomic E-state index is 0.100. The summed E-state index contributed by atoms with van der Waals surface area (Å²) in [6.45, 7) is 0. The molecule has 1 amide bonds. The van der Waals surface area contributed by atoms with Crippen LogP contribution in [0.4, 0.5) is 0 Å². The van der Waals surface area contributed by atoms with Gasteiger partial charge in [-0.25, -0.2) is 15.0 Å². The van der Waals surface area contributed by atoms with Crippen LogP contribution < -0.4 is 5.32 Å². The largest absolute Gasteiger partial charge is 0.385 e. The van der Waals surface area contributed by atoms with Crippen molar-refractivity contribution >= 4 is 5.91 Å². The van der Waals surface area contributed by atoms with Gasteiger partial charge in [-0.05, 0) is 11.6 Å². The first-order valence-corrected chi connectivity index (χ1v) is 8.44. The average molecular weight is 349 g/mol. The van der Waals surface area contributed by atoms with Gasteiger partial charge in [-0.1, -0.05) is 30.3 Å². The zero-order chi connectivity index (χ0) is 18.1. The molecule has 2 heterocycles. The van der Waals surface area contributed by atoms with Crippen LogP contribution >= 0.6 is 0 Å². The molecule has 0 unspecified atom stereocenters. The molecule has 1 saturated carbocycles. The zero-order valence-corrected chi connectivity index (χ0v) is 14.3. The average Bonchev–Trinajstić information content (AvgIpc) is 3.07. The number of hydrogen-bond acceptors (Lipinski definition) is 5. The maximum atomic E-state index is 12.5. The molecule has 0 bridgehead atoms. The predicted molar refractivity (Wildman–Crippen MR) is 95.1 cm³/mol. The molecular formula is C19H19N5O2. The van der Waals surface area contributed by atoms with E-state index in [-0.39, 0.29) is 17.8 Å². The third kappa shape index (κ3) is 2.97. The third-order valence-corrected chi connectivity index (χ3v) is 4.75. The van der Waals surface area contributed by atoms with E-state index in [1.54, 1.807) is 24.8 Å². The number of aryl methyl sites for hydroxylation is 1. The SMILES string of the molecule is Cn1cncc1-c1ccnc(C(=O)NC2CC(O)(c3ccccc3)C2)n1. The van der Waals surface area contributed by atoms with Gasteiger partial charge < -0.3 is 15.0 Å². The standard InChI is InChI=1S/C19H19N5O2/c1-24-12-20-11-16(24)15-7-8-21-17(23-15)18(25)22-14-9-19(26,10-14)13-5-3-2-4-6-13/h2-8,11-12,14,26H,9-10H2,1H3,(H,22,25). The molecule has 0 atom stereocenters. The lowest BCUT2D eigenvalue weighted by molar-refractivity contribution is -0.0595. The number of rotatable bonds is 4. The molecule has 0 spiro atoms. The van der Waals surface area contributed by atoms with Gasteiger partial charge in [0.05, 0.1) is 29.5 Å². The van der Waals surface area contributed by atoms with Crippen molar-refractivity contribution in [3.05, 3.63) is 66.5 Å². The number of carbonyl (C=O) groups is 1. The minimum Gasteiger partial charge on any atom is -0.385 e. The van der Waals surface area contributed by atoms with Crippen molar-refractivity contribution in [1.82, 2.24) is 24.8 Å². The van der Waals surface area contributed by atoms with E-state index in [2.05, 4.69) is 20.3 Å². The molecule has 132 valence electrons. The van der Waals surface area contributed by atoms with Gasteiger partial charge in [0.25, 0.3) is 5.91 Å². The Hall–Kier alpha value is -3.06. The highest BCUT2D eigenvalue weighted by molar-refractivity contribution is 5.91. The van der Waals surface area contributed by atoms with Crippen molar-refractivity contribution < 1.29 is 9.90 Å².